The van der Waals surface area contributed by atoms with Crippen LogP contribution in [0.25, 0.3) is 0 Å². The maximum absolute atomic E-state index is 11.8. The van der Waals surface area contributed by atoms with Gasteiger partial charge in [0.1, 0.15) is 5.75 Å². The fourth-order valence-electron chi connectivity index (χ4n) is 4.88. The summed E-state index contributed by atoms with van der Waals surface area (Å²) in [6.45, 7) is 13.3. The fraction of sp³-hybridized carbons (Fsp3) is 0.769. The fourth-order valence-corrected chi connectivity index (χ4v) is 4.88. The smallest absolute Gasteiger partial charge is 0.119 e. The van der Waals surface area contributed by atoms with Gasteiger partial charge in [-0.05, 0) is 48.4 Å². The molecule has 1 aliphatic carbocycles. The first-order valence-corrected chi connectivity index (χ1v) is 11.7. The van der Waals surface area contributed by atoms with Crippen molar-refractivity contribution in [1.29, 1.82) is 0 Å². The van der Waals surface area contributed by atoms with Gasteiger partial charge in [0.05, 0.1) is 12.7 Å². The molecule has 1 atom stereocenters. The van der Waals surface area contributed by atoms with E-state index in [0.717, 1.165) is 43.4 Å². The third-order valence-electron chi connectivity index (χ3n) is 6.46. The van der Waals surface area contributed by atoms with Crippen molar-refractivity contribution in [3.05, 3.63) is 29.3 Å². The van der Waals surface area contributed by atoms with Crippen molar-refractivity contribution in [2.75, 3.05) is 7.11 Å². The normalized spacial score (nSPS) is 19.9. The average molecular weight is 391 g/mol. The number of fused-ring (bicyclic) bond motifs is 1. The second kappa shape index (κ2) is 11.9. The largest absolute Gasteiger partial charge is 0.497 e. The Hall–Kier alpha value is -1.02. The minimum absolute atomic E-state index is 0.128. The SMILES string of the molecule is CCCC(CCC)C1(O)c2cc(OC)ccc2CC1(C)C.CCCCCCC. The summed E-state index contributed by atoms with van der Waals surface area (Å²) in [6, 6.07) is 6.19. The first kappa shape index (κ1) is 25.0. The molecule has 1 N–H and O–H groups in total. The van der Waals surface area contributed by atoms with Crippen LogP contribution in [0.2, 0.25) is 0 Å². The van der Waals surface area contributed by atoms with E-state index < -0.39 is 5.60 Å². The molecule has 1 unspecified atom stereocenters. The first-order chi connectivity index (χ1) is 13.3. The summed E-state index contributed by atoms with van der Waals surface area (Å²) in [4.78, 5) is 0. The van der Waals surface area contributed by atoms with E-state index in [-0.39, 0.29) is 5.41 Å². The molecule has 2 nitrogen and oxygen atoms in total. The molecule has 1 aliphatic rings. The van der Waals surface area contributed by atoms with E-state index in [1.807, 2.05) is 6.07 Å². The summed E-state index contributed by atoms with van der Waals surface area (Å²) in [7, 11) is 1.69. The van der Waals surface area contributed by atoms with Crippen LogP contribution in [0.15, 0.2) is 18.2 Å². The minimum atomic E-state index is -0.747. The molecule has 0 saturated heterocycles. The number of methoxy groups -OCH3 is 1. The molecule has 0 heterocycles. The highest BCUT2D eigenvalue weighted by Crippen LogP contribution is 2.56. The summed E-state index contributed by atoms with van der Waals surface area (Å²) < 4.78 is 5.39. The third kappa shape index (κ3) is 5.75. The lowest BCUT2D eigenvalue weighted by molar-refractivity contribution is -0.113. The van der Waals surface area contributed by atoms with E-state index in [1.54, 1.807) is 7.11 Å². The molecule has 1 aromatic rings. The van der Waals surface area contributed by atoms with Gasteiger partial charge in [-0.3, -0.25) is 0 Å². The van der Waals surface area contributed by atoms with Gasteiger partial charge in [0.2, 0.25) is 0 Å². The summed E-state index contributed by atoms with van der Waals surface area (Å²) in [5.41, 5.74) is 1.50. The number of benzene rings is 1. The van der Waals surface area contributed by atoms with Crippen LogP contribution < -0.4 is 4.74 Å². The topological polar surface area (TPSA) is 29.5 Å². The number of rotatable bonds is 10. The van der Waals surface area contributed by atoms with Gasteiger partial charge in [-0.25, -0.2) is 0 Å². The van der Waals surface area contributed by atoms with Crippen molar-refractivity contribution in [1.82, 2.24) is 0 Å². The Morgan fingerprint density at radius 3 is 1.96 bits per heavy atom. The predicted molar refractivity (Wildman–Crippen MR) is 122 cm³/mol. The Morgan fingerprint density at radius 1 is 0.929 bits per heavy atom. The van der Waals surface area contributed by atoms with Crippen molar-refractivity contribution in [3.63, 3.8) is 0 Å². The standard InChI is InChI=1S/C19H30O2.C7H16/c1-6-8-15(9-7-2)19(20)17-12-16(21-5)11-10-14(17)13-18(19,3)4;1-3-5-7-6-4-2/h10-12,15,20H,6-9,13H2,1-5H3;3-7H2,1-2H3. The van der Waals surface area contributed by atoms with E-state index in [4.69, 9.17) is 4.74 Å². The van der Waals surface area contributed by atoms with Crippen LogP contribution in [0.5, 0.6) is 5.75 Å². The highest BCUT2D eigenvalue weighted by atomic mass is 16.5. The highest BCUT2D eigenvalue weighted by Gasteiger charge is 2.54. The van der Waals surface area contributed by atoms with Gasteiger partial charge in [-0.15, -0.1) is 0 Å². The van der Waals surface area contributed by atoms with Gasteiger partial charge < -0.3 is 9.84 Å². The van der Waals surface area contributed by atoms with Gasteiger partial charge >= 0.3 is 0 Å². The second-order valence-corrected chi connectivity index (χ2v) is 9.19. The number of ether oxygens (including phenoxy) is 1. The second-order valence-electron chi connectivity index (χ2n) is 9.19. The summed E-state index contributed by atoms with van der Waals surface area (Å²) in [6.07, 6.45) is 12.3. The maximum atomic E-state index is 11.8. The molecular weight excluding hydrogens is 344 g/mol. The molecule has 0 bridgehead atoms. The van der Waals surface area contributed by atoms with Crippen LogP contribution in [0, 0.1) is 11.3 Å². The molecule has 2 heteroatoms. The zero-order chi connectivity index (χ0) is 21.2. The summed E-state index contributed by atoms with van der Waals surface area (Å²) in [5.74, 6) is 1.16. The van der Waals surface area contributed by atoms with Crippen LogP contribution in [-0.2, 0) is 12.0 Å². The van der Waals surface area contributed by atoms with E-state index >= 15 is 0 Å². The Bertz CT molecular complexity index is 554. The van der Waals surface area contributed by atoms with Crippen LogP contribution in [-0.4, -0.2) is 12.2 Å². The van der Waals surface area contributed by atoms with Crippen molar-refractivity contribution in [3.8, 4) is 5.75 Å². The molecule has 28 heavy (non-hydrogen) atoms. The average Bonchev–Trinajstić information content (AvgIpc) is 2.88. The van der Waals surface area contributed by atoms with Gasteiger partial charge in [0.15, 0.2) is 0 Å². The Balaban J connectivity index is 0.000000480. The van der Waals surface area contributed by atoms with Gasteiger partial charge in [-0.2, -0.15) is 0 Å². The maximum Gasteiger partial charge on any atom is 0.119 e. The summed E-state index contributed by atoms with van der Waals surface area (Å²) >= 11 is 0. The molecule has 162 valence electrons. The predicted octanol–water partition coefficient (Wildman–Crippen LogP) is 7.66. The lowest BCUT2D eigenvalue weighted by atomic mass is 9.65. The van der Waals surface area contributed by atoms with Crippen LogP contribution in [0.1, 0.15) is 110 Å². The molecule has 2 rings (SSSR count). The van der Waals surface area contributed by atoms with E-state index in [1.165, 1.54) is 37.7 Å². The molecule has 0 spiro atoms. The van der Waals surface area contributed by atoms with Crippen molar-refractivity contribution < 1.29 is 9.84 Å². The monoisotopic (exact) mass is 390 g/mol. The van der Waals surface area contributed by atoms with Crippen LogP contribution >= 0.6 is 0 Å². The van der Waals surface area contributed by atoms with Gasteiger partial charge in [0.25, 0.3) is 0 Å². The molecule has 0 fully saturated rings. The molecular formula is C26H46O2. The zero-order valence-corrected chi connectivity index (χ0v) is 19.7. The van der Waals surface area contributed by atoms with Crippen LogP contribution in [0.3, 0.4) is 0 Å². The van der Waals surface area contributed by atoms with Crippen LogP contribution in [0.4, 0.5) is 0 Å². The number of unbranched alkanes of at least 4 members (excludes halogenated alkanes) is 4. The lowest BCUT2D eigenvalue weighted by Gasteiger charge is -2.44. The quantitative estimate of drug-likeness (QED) is 0.415. The molecule has 1 aromatic carbocycles. The Kier molecular flexibility index (Phi) is 10.6. The minimum Gasteiger partial charge on any atom is -0.497 e. The Morgan fingerprint density at radius 2 is 1.50 bits per heavy atom. The Labute approximate surface area is 175 Å². The van der Waals surface area contributed by atoms with Crippen molar-refractivity contribution >= 4 is 0 Å². The molecule has 0 aromatic heterocycles. The van der Waals surface area contributed by atoms with Crippen molar-refractivity contribution in [2.24, 2.45) is 11.3 Å². The van der Waals surface area contributed by atoms with E-state index in [0.29, 0.717) is 5.92 Å². The zero-order valence-electron chi connectivity index (χ0n) is 19.7. The third-order valence-corrected chi connectivity index (χ3v) is 6.46. The molecule has 0 amide bonds. The lowest BCUT2D eigenvalue weighted by Crippen LogP contribution is -2.45. The van der Waals surface area contributed by atoms with Gasteiger partial charge in [0, 0.05) is 5.41 Å². The van der Waals surface area contributed by atoms with Gasteiger partial charge in [-0.1, -0.05) is 92.6 Å². The number of hydrogen-bond donors (Lipinski definition) is 1. The molecule has 0 saturated carbocycles. The molecule has 0 aliphatic heterocycles. The number of hydrogen-bond acceptors (Lipinski definition) is 2. The molecule has 0 radical (unpaired) electrons. The van der Waals surface area contributed by atoms with E-state index in [9.17, 15) is 5.11 Å². The number of aliphatic hydroxyl groups is 1. The van der Waals surface area contributed by atoms with E-state index in [2.05, 4.69) is 53.7 Å². The summed E-state index contributed by atoms with van der Waals surface area (Å²) in [5, 5.41) is 11.8. The highest BCUT2D eigenvalue weighted by molar-refractivity contribution is 5.45. The first-order valence-electron chi connectivity index (χ1n) is 11.7. The van der Waals surface area contributed by atoms with Crippen molar-refractivity contribution in [2.45, 2.75) is 111 Å².